The van der Waals surface area contributed by atoms with Crippen molar-refractivity contribution >= 4 is 5.97 Å². The van der Waals surface area contributed by atoms with Gasteiger partial charge in [0.25, 0.3) is 0 Å². The van der Waals surface area contributed by atoms with E-state index in [9.17, 15) is 4.79 Å². The number of carboxylic acid groups (broad SMARTS) is 1. The highest BCUT2D eigenvalue weighted by molar-refractivity contribution is 5.86. The van der Waals surface area contributed by atoms with E-state index in [1.807, 2.05) is 0 Å². The molecule has 2 heterocycles. The van der Waals surface area contributed by atoms with Crippen molar-refractivity contribution in [3.63, 3.8) is 0 Å². The smallest absolute Gasteiger partial charge is 0.338 e. The molecular formula is C8H7N3O3. The van der Waals surface area contributed by atoms with Crippen molar-refractivity contribution in [3.8, 4) is 0 Å². The molecule has 1 N–H and O–H groups in total. The summed E-state index contributed by atoms with van der Waals surface area (Å²) in [6.07, 6.45) is 5.80. The molecule has 2 aromatic rings. The quantitative estimate of drug-likeness (QED) is 0.772. The number of aromatic carboxylic acids is 1. The molecule has 2 rings (SSSR count). The monoisotopic (exact) mass is 193 g/mol. The van der Waals surface area contributed by atoms with Crippen LogP contribution in [0, 0.1) is 0 Å². The average Bonchev–Trinajstić information content (AvgIpc) is 2.75. The van der Waals surface area contributed by atoms with Crippen LogP contribution in [-0.2, 0) is 6.54 Å². The van der Waals surface area contributed by atoms with Gasteiger partial charge in [-0.3, -0.25) is 4.68 Å². The van der Waals surface area contributed by atoms with Crippen LogP contribution >= 0.6 is 0 Å². The number of carbonyl (C=O) groups is 1. The molecule has 6 nitrogen and oxygen atoms in total. The lowest BCUT2D eigenvalue weighted by atomic mass is 10.3. The van der Waals surface area contributed by atoms with Crippen LogP contribution in [0.4, 0.5) is 0 Å². The predicted octanol–water partition coefficient (Wildman–Crippen LogP) is 0.618. The van der Waals surface area contributed by atoms with Gasteiger partial charge < -0.3 is 9.63 Å². The number of hydrogen-bond acceptors (Lipinski definition) is 4. The number of rotatable bonds is 3. The maximum Gasteiger partial charge on any atom is 0.338 e. The summed E-state index contributed by atoms with van der Waals surface area (Å²) in [6, 6.07) is 0. The van der Waals surface area contributed by atoms with Crippen molar-refractivity contribution in [1.82, 2.24) is 14.9 Å². The maximum atomic E-state index is 10.5. The number of hydrogen-bond donors (Lipinski definition) is 1. The summed E-state index contributed by atoms with van der Waals surface area (Å²) in [7, 11) is 0. The second-order valence-corrected chi connectivity index (χ2v) is 2.76. The Bertz CT molecular complexity index is 432. The normalized spacial score (nSPS) is 10.3. The van der Waals surface area contributed by atoms with E-state index in [4.69, 9.17) is 5.11 Å². The number of aromatic nitrogens is 3. The van der Waals surface area contributed by atoms with Gasteiger partial charge in [0, 0.05) is 11.8 Å². The Labute approximate surface area is 78.7 Å². The number of nitrogens with zero attached hydrogens (tertiary/aromatic N) is 3. The van der Waals surface area contributed by atoms with E-state index < -0.39 is 5.97 Å². The lowest BCUT2D eigenvalue weighted by molar-refractivity contribution is 0.0697. The lowest BCUT2D eigenvalue weighted by Gasteiger charge is -1.94. The summed E-state index contributed by atoms with van der Waals surface area (Å²) in [6.45, 7) is 0.455. The van der Waals surface area contributed by atoms with Crippen LogP contribution in [0.5, 0.6) is 0 Å². The fraction of sp³-hybridized carbons (Fsp3) is 0.125. The molecular weight excluding hydrogens is 186 g/mol. The van der Waals surface area contributed by atoms with Crippen LogP contribution < -0.4 is 0 Å². The zero-order chi connectivity index (χ0) is 9.97. The Morgan fingerprint density at radius 2 is 2.43 bits per heavy atom. The first-order valence-electron chi connectivity index (χ1n) is 3.90. The van der Waals surface area contributed by atoms with E-state index in [1.54, 1.807) is 6.20 Å². The predicted molar refractivity (Wildman–Crippen MR) is 44.8 cm³/mol. The van der Waals surface area contributed by atoms with Gasteiger partial charge in [0.05, 0.1) is 24.5 Å². The largest absolute Gasteiger partial charge is 0.478 e. The molecule has 0 bridgehead atoms. The molecule has 0 saturated carbocycles. The zero-order valence-electron chi connectivity index (χ0n) is 7.12. The van der Waals surface area contributed by atoms with Crippen LogP contribution in [0.3, 0.4) is 0 Å². The van der Waals surface area contributed by atoms with Crippen LogP contribution in [0.2, 0.25) is 0 Å². The highest BCUT2D eigenvalue weighted by Gasteiger charge is 2.06. The molecule has 0 radical (unpaired) electrons. The molecule has 2 aromatic heterocycles. The highest BCUT2D eigenvalue weighted by Crippen LogP contribution is 2.02. The van der Waals surface area contributed by atoms with E-state index in [1.165, 1.54) is 23.3 Å². The molecule has 0 aliphatic heterocycles. The van der Waals surface area contributed by atoms with Gasteiger partial charge >= 0.3 is 5.97 Å². The summed E-state index contributed by atoms with van der Waals surface area (Å²) in [5, 5.41) is 16.0. The molecule has 0 unspecified atom stereocenters. The Morgan fingerprint density at radius 3 is 3.00 bits per heavy atom. The summed E-state index contributed by atoms with van der Waals surface area (Å²) < 4.78 is 6.14. The third-order valence-electron chi connectivity index (χ3n) is 1.71. The second kappa shape index (κ2) is 3.33. The van der Waals surface area contributed by atoms with Crippen molar-refractivity contribution in [2.75, 3.05) is 0 Å². The first kappa shape index (κ1) is 8.49. The third kappa shape index (κ3) is 1.63. The topological polar surface area (TPSA) is 81.1 Å². The third-order valence-corrected chi connectivity index (χ3v) is 1.71. The first-order valence-corrected chi connectivity index (χ1v) is 3.90. The molecule has 6 heteroatoms. The van der Waals surface area contributed by atoms with Gasteiger partial charge in [0.1, 0.15) is 6.26 Å². The van der Waals surface area contributed by atoms with Crippen LogP contribution in [-0.4, -0.2) is 26.0 Å². The molecule has 72 valence electrons. The van der Waals surface area contributed by atoms with Gasteiger partial charge in [-0.2, -0.15) is 5.10 Å². The molecule has 0 saturated heterocycles. The van der Waals surface area contributed by atoms with E-state index >= 15 is 0 Å². The van der Waals surface area contributed by atoms with Crippen molar-refractivity contribution in [1.29, 1.82) is 0 Å². The van der Waals surface area contributed by atoms with Gasteiger partial charge in [-0.1, -0.05) is 5.16 Å². The standard InChI is InChI=1S/C8H7N3O3/c12-8(13)7-2-9-11(4-7)3-6-1-10-14-5-6/h1-2,4-5H,3H2,(H,12,13). The van der Waals surface area contributed by atoms with Crippen molar-refractivity contribution in [2.24, 2.45) is 0 Å². The molecule has 14 heavy (non-hydrogen) atoms. The zero-order valence-corrected chi connectivity index (χ0v) is 7.12. The first-order chi connectivity index (χ1) is 6.75. The molecule has 0 amide bonds. The van der Waals surface area contributed by atoms with Crippen LogP contribution in [0.15, 0.2) is 29.4 Å². The Hall–Kier alpha value is -2.11. The van der Waals surface area contributed by atoms with Crippen LogP contribution in [0.25, 0.3) is 0 Å². The molecule has 0 aliphatic rings. The summed E-state index contributed by atoms with van der Waals surface area (Å²) in [5.74, 6) is -0.985. The van der Waals surface area contributed by atoms with E-state index in [-0.39, 0.29) is 5.56 Å². The Morgan fingerprint density at radius 1 is 1.57 bits per heavy atom. The fourth-order valence-electron chi connectivity index (χ4n) is 1.05. The lowest BCUT2D eigenvalue weighted by Crippen LogP contribution is -1.99. The van der Waals surface area contributed by atoms with Gasteiger partial charge in [-0.05, 0) is 0 Å². The highest BCUT2D eigenvalue weighted by atomic mass is 16.5. The van der Waals surface area contributed by atoms with Gasteiger partial charge in [-0.25, -0.2) is 4.79 Å². The molecule has 0 atom stereocenters. The number of carboxylic acids is 1. The Kier molecular flexibility index (Phi) is 2.02. The maximum absolute atomic E-state index is 10.5. The molecule has 0 fully saturated rings. The molecule has 0 aliphatic carbocycles. The summed E-state index contributed by atoms with van der Waals surface area (Å²) in [5.41, 5.74) is 1.01. The minimum atomic E-state index is -0.985. The summed E-state index contributed by atoms with van der Waals surface area (Å²) in [4.78, 5) is 10.5. The van der Waals surface area contributed by atoms with E-state index in [2.05, 4.69) is 14.8 Å². The fourth-order valence-corrected chi connectivity index (χ4v) is 1.05. The minimum absolute atomic E-state index is 0.168. The van der Waals surface area contributed by atoms with Crippen molar-refractivity contribution in [3.05, 3.63) is 36.0 Å². The van der Waals surface area contributed by atoms with Crippen molar-refractivity contribution in [2.45, 2.75) is 6.54 Å². The van der Waals surface area contributed by atoms with Gasteiger partial charge in [0.2, 0.25) is 0 Å². The molecule has 0 spiro atoms. The second-order valence-electron chi connectivity index (χ2n) is 2.76. The van der Waals surface area contributed by atoms with Crippen LogP contribution in [0.1, 0.15) is 15.9 Å². The van der Waals surface area contributed by atoms with Gasteiger partial charge in [0.15, 0.2) is 0 Å². The van der Waals surface area contributed by atoms with Gasteiger partial charge in [-0.15, -0.1) is 0 Å². The summed E-state index contributed by atoms with van der Waals surface area (Å²) >= 11 is 0. The van der Waals surface area contributed by atoms with Crippen molar-refractivity contribution < 1.29 is 14.4 Å². The van der Waals surface area contributed by atoms with E-state index in [0.717, 1.165) is 5.56 Å². The Balaban J connectivity index is 2.14. The SMILES string of the molecule is O=C(O)c1cnn(Cc2cnoc2)c1. The average molecular weight is 193 g/mol. The van der Waals surface area contributed by atoms with E-state index in [0.29, 0.717) is 6.54 Å². The molecule has 0 aromatic carbocycles. The minimum Gasteiger partial charge on any atom is -0.478 e.